The number of rotatable bonds is 3. The van der Waals surface area contributed by atoms with Gasteiger partial charge in [0, 0.05) is 18.7 Å². The van der Waals surface area contributed by atoms with Crippen LogP contribution in [0.2, 0.25) is 0 Å². The van der Waals surface area contributed by atoms with Crippen molar-refractivity contribution in [2.45, 2.75) is 19.8 Å². The number of aldehydes is 1. The molecule has 0 amide bonds. The molecule has 0 N–H and O–H groups in total. The number of piperidine rings is 1. The molecular weight excluding hydrogens is 210 g/mol. The fourth-order valence-electron chi connectivity index (χ4n) is 2.21. The minimum atomic E-state index is 0.743. The molecule has 0 aromatic heterocycles. The number of nitrogens with zero attached hydrogens (tertiary/aromatic N) is 1. The van der Waals surface area contributed by atoms with Crippen LogP contribution in [0.15, 0.2) is 29.8 Å². The number of benzene rings is 1. The molecule has 0 aliphatic carbocycles. The summed E-state index contributed by atoms with van der Waals surface area (Å²) in [5.41, 5.74) is 3.47. The van der Waals surface area contributed by atoms with Gasteiger partial charge in [-0.15, -0.1) is 0 Å². The molecule has 1 heterocycles. The van der Waals surface area contributed by atoms with Crippen molar-refractivity contribution in [3.63, 3.8) is 0 Å². The molecule has 1 aromatic carbocycles. The summed E-state index contributed by atoms with van der Waals surface area (Å²) >= 11 is 0. The zero-order valence-corrected chi connectivity index (χ0v) is 10.4. The van der Waals surface area contributed by atoms with Gasteiger partial charge in [-0.25, -0.2) is 0 Å². The Labute approximate surface area is 103 Å². The smallest absolute Gasteiger partial charge is 0.150 e. The molecule has 1 saturated heterocycles. The van der Waals surface area contributed by atoms with Crippen LogP contribution < -0.4 is 0 Å². The minimum Gasteiger partial charge on any atom is -0.303 e. The van der Waals surface area contributed by atoms with Crippen molar-refractivity contribution >= 4 is 12.4 Å². The summed E-state index contributed by atoms with van der Waals surface area (Å²) in [5.74, 6) is 0. The van der Waals surface area contributed by atoms with Crippen molar-refractivity contribution in [2.24, 2.45) is 0 Å². The summed E-state index contributed by atoms with van der Waals surface area (Å²) < 4.78 is 0. The minimum absolute atomic E-state index is 0.743. The van der Waals surface area contributed by atoms with E-state index in [1.807, 2.05) is 24.3 Å². The average Bonchev–Trinajstić information content (AvgIpc) is 2.40. The Morgan fingerprint density at radius 1 is 1.12 bits per heavy atom. The topological polar surface area (TPSA) is 20.3 Å². The van der Waals surface area contributed by atoms with Crippen molar-refractivity contribution < 1.29 is 4.79 Å². The van der Waals surface area contributed by atoms with Crippen molar-refractivity contribution in [1.82, 2.24) is 4.90 Å². The van der Waals surface area contributed by atoms with Gasteiger partial charge < -0.3 is 4.90 Å². The molecule has 90 valence electrons. The Balaban J connectivity index is 2.01. The lowest BCUT2D eigenvalue weighted by Crippen LogP contribution is -2.30. The van der Waals surface area contributed by atoms with E-state index in [9.17, 15) is 4.79 Å². The highest BCUT2D eigenvalue weighted by Gasteiger charge is 2.11. The second-order valence-corrected chi connectivity index (χ2v) is 4.52. The highest BCUT2D eigenvalue weighted by Crippen LogP contribution is 2.19. The number of likely N-dealkylation sites (tertiary alicyclic amines) is 1. The Bertz CT molecular complexity index is 395. The van der Waals surface area contributed by atoms with E-state index in [4.69, 9.17) is 0 Å². The number of hydrogen-bond acceptors (Lipinski definition) is 2. The maximum absolute atomic E-state index is 10.6. The van der Waals surface area contributed by atoms with Crippen LogP contribution in [0, 0.1) is 0 Å². The van der Waals surface area contributed by atoms with E-state index in [0.29, 0.717) is 0 Å². The van der Waals surface area contributed by atoms with E-state index in [2.05, 4.69) is 17.9 Å². The molecule has 2 rings (SSSR count). The molecule has 0 saturated carbocycles. The maximum Gasteiger partial charge on any atom is 0.150 e. The maximum atomic E-state index is 10.6. The lowest BCUT2D eigenvalue weighted by molar-refractivity contribution is 0.112. The van der Waals surface area contributed by atoms with Crippen LogP contribution >= 0.6 is 0 Å². The van der Waals surface area contributed by atoms with E-state index in [-0.39, 0.29) is 0 Å². The van der Waals surface area contributed by atoms with E-state index >= 15 is 0 Å². The molecule has 0 atom stereocenters. The molecule has 1 fully saturated rings. The molecule has 1 aliphatic heterocycles. The van der Waals surface area contributed by atoms with E-state index in [1.165, 1.54) is 37.1 Å². The quantitative estimate of drug-likeness (QED) is 0.743. The Kier molecular flexibility index (Phi) is 4.10. The zero-order chi connectivity index (χ0) is 12.1. The molecule has 2 heteroatoms. The molecule has 0 radical (unpaired) electrons. The van der Waals surface area contributed by atoms with Gasteiger partial charge in [0.2, 0.25) is 0 Å². The monoisotopic (exact) mass is 229 g/mol. The largest absolute Gasteiger partial charge is 0.303 e. The molecule has 0 spiro atoms. The van der Waals surface area contributed by atoms with Crippen molar-refractivity contribution in [1.29, 1.82) is 0 Å². The van der Waals surface area contributed by atoms with Gasteiger partial charge in [-0.05, 0) is 24.9 Å². The van der Waals surface area contributed by atoms with Crippen LogP contribution in [0.25, 0.3) is 6.08 Å². The summed E-state index contributed by atoms with van der Waals surface area (Å²) in [4.78, 5) is 13.0. The fraction of sp³-hybridized carbons (Fsp3) is 0.400. The second kappa shape index (κ2) is 5.78. The van der Waals surface area contributed by atoms with Crippen LogP contribution in [-0.2, 0) is 0 Å². The van der Waals surface area contributed by atoms with Gasteiger partial charge in [-0.1, -0.05) is 42.8 Å². The Morgan fingerprint density at radius 2 is 1.71 bits per heavy atom. The van der Waals surface area contributed by atoms with Gasteiger partial charge >= 0.3 is 0 Å². The van der Waals surface area contributed by atoms with Crippen LogP contribution in [-0.4, -0.2) is 30.8 Å². The Morgan fingerprint density at radius 3 is 2.24 bits per heavy atom. The lowest BCUT2D eigenvalue weighted by atomic mass is 10.0. The first-order valence-electron chi connectivity index (χ1n) is 6.29. The molecule has 1 aliphatic rings. The van der Waals surface area contributed by atoms with Crippen molar-refractivity contribution in [2.75, 3.05) is 19.6 Å². The zero-order valence-electron chi connectivity index (χ0n) is 10.4. The van der Waals surface area contributed by atoms with Crippen molar-refractivity contribution in [3.8, 4) is 0 Å². The first-order chi connectivity index (χ1) is 8.31. The molecule has 0 unspecified atom stereocenters. The van der Waals surface area contributed by atoms with Gasteiger partial charge in [0.15, 0.2) is 0 Å². The van der Waals surface area contributed by atoms with Crippen LogP contribution in [0.5, 0.6) is 0 Å². The highest BCUT2D eigenvalue weighted by atomic mass is 16.1. The van der Waals surface area contributed by atoms with Gasteiger partial charge in [-0.3, -0.25) is 4.79 Å². The SMILES string of the molecule is CCN1CCC(=Cc2ccc(C=O)cc2)CC1. The third-order valence-corrected chi connectivity index (χ3v) is 3.39. The fourth-order valence-corrected chi connectivity index (χ4v) is 2.21. The third-order valence-electron chi connectivity index (χ3n) is 3.39. The van der Waals surface area contributed by atoms with Crippen molar-refractivity contribution in [3.05, 3.63) is 41.0 Å². The number of carbonyl (C=O) groups excluding carboxylic acids is 1. The average molecular weight is 229 g/mol. The predicted octanol–water partition coefficient (Wildman–Crippen LogP) is 3.00. The first kappa shape index (κ1) is 12.1. The normalized spacial score (nSPS) is 16.9. The van der Waals surface area contributed by atoms with Gasteiger partial charge in [0.05, 0.1) is 0 Å². The van der Waals surface area contributed by atoms with Crippen LogP contribution in [0.1, 0.15) is 35.7 Å². The van der Waals surface area contributed by atoms with E-state index in [1.54, 1.807) is 0 Å². The molecular formula is C15H19NO. The van der Waals surface area contributed by atoms with E-state index in [0.717, 1.165) is 18.4 Å². The first-order valence-corrected chi connectivity index (χ1v) is 6.29. The molecule has 17 heavy (non-hydrogen) atoms. The lowest BCUT2D eigenvalue weighted by Gasteiger charge is -2.26. The summed E-state index contributed by atoms with van der Waals surface area (Å²) in [7, 11) is 0. The third kappa shape index (κ3) is 3.27. The van der Waals surface area contributed by atoms with Crippen LogP contribution in [0.4, 0.5) is 0 Å². The number of carbonyl (C=O) groups is 1. The number of hydrogen-bond donors (Lipinski definition) is 0. The highest BCUT2D eigenvalue weighted by molar-refractivity contribution is 5.75. The van der Waals surface area contributed by atoms with Gasteiger partial charge in [-0.2, -0.15) is 0 Å². The summed E-state index contributed by atoms with van der Waals surface area (Å²) in [6.45, 7) is 5.72. The van der Waals surface area contributed by atoms with Gasteiger partial charge in [0.1, 0.15) is 6.29 Å². The standard InChI is InChI=1S/C15H19NO/c1-2-16-9-7-14(8-10-16)11-13-3-5-15(12-17)6-4-13/h3-6,11-12H,2,7-10H2,1H3. The summed E-state index contributed by atoms with van der Waals surface area (Å²) in [6, 6.07) is 7.78. The Hall–Kier alpha value is -1.41. The summed E-state index contributed by atoms with van der Waals surface area (Å²) in [5, 5.41) is 0. The summed E-state index contributed by atoms with van der Waals surface area (Å²) in [6.07, 6.45) is 5.49. The van der Waals surface area contributed by atoms with E-state index < -0.39 is 0 Å². The van der Waals surface area contributed by atoms with Gasteiger partial charge in [0.25, 0.3) is 0 Å². The second-order valence-electron chi connectivity index (χ2n) is 4.52. The molecule has 2 nitrogen and oxygen atoms in total. The molecule has 1 aromatic rings. The predicted molar refractivity (Wildman–Crippen MR) is 71.2 cm³/mol. The van der Waals surface area contributed by atoms with Crippen LogP contribution in [0.3, 0.4) is 0 Å². The molecule has 0 bridgehead atoms.